The summed E-state index contributed by atoms with van der Waals surface area (Å²) in [6.07, 6.45) is 6.15. The standard InChI is InChI=1S/C13H19NO2.HI/c1-3-5-9-16-13(15)12(4-2)11-7-6-8-14-10-11;/h6-8,10,12H,3-5,9H2,1-2H3;1H. The SMILES string of the molecule is CCCCOC(=O)C(CC)c1cccnc1.I. The van der Waals surface area contributed by atoms with Crippen molar-refractivity contribution in [1.29, 1.82) is 0 Å². The quantitative estimate of drug-likeness (QED) is 0.448. The zero-order valence-electron chi connectivity index (χ0n) is 10.4. The summed E-state index contributed by atoms with van der Waals surface area (Å²) in [4.78, 5) is 15.8. The van der Waals surface area contributed by atoms with Crippen molar-refractivity contribution in [2.75, 3.05) is 6.61 Å². The van der Waals surface area contributed by atoms with Gasteiger partial charge in [-0.3, -0.25) is 9.78 Å². The Morgan fingerprint density at radius 2 is 2.24 bits per heavy atom. The number of pyridine rings is 1. The van der Waals surface area contributed by atoms with Crippen molar-refractivity contribution in [2.24, 2.45) is 0 Å². The predicted molar refractivity (Wildman–Crippen MR) is 78.6 cm³/mol. The van der Waals surface area contributed by atoms with Crippen molar-refractivity contribution in [3.8, 4) is 0 Å². The summed E-state index contributed by atoms with van der Waals surface area (Å²) < 4.78 is 5.22. The summed E-state index contributed by atoms with van der Waals surface area (Å²) in [7, 11) is 0. The topological polar surface area (TPSA) is 39.2 Å². The largest absolute Gasteiger partial charge is 0.465 e. The Bertz CT molecular complexity index is 316. The van der Waals surface area contributed by atoms with Gasteiger partial charge in [-0.1, -0.05) is 26.3 Å². The molecule has 1 heterocycles. The Morgan fingerprint density at radius 1 is 1.47 bits per heavy atom. The van der Waals surface area contributed by atoms with Crippen LogP contribution in [0.1, 0.15) is 44.6 Å². The molecule has 1 aromatic heterocycles. The summed E-state index contributed by atoms with van der Waals surface area (Å²) in [5.41, 5.74) is 0.937. The van der Waals surface area contributed by atoms with Crippen molar-refractivity contribution in [1.82, 2.24) is 4.98 Å². The predicted octanol–water partition coefficient (Wildman–Crippen LogP) is 3.54. The van der Waals surface area contributed by atoms with E-state index >= 15 is 0 Å². The average molecular weight is 349 g/mol. The minimum absolute atomic E-state index is 0. The maximum atomic E-state index is 11.8. The first kappa shape index (κ1) is 16.4. The minimum Gasteiger partial charge on any atom is -0.465 e. The van der Waals surface area contributed by atoms with Crippen LogP contribution in [0.3, 0.4) is 0 Å². The fourth-order valence-electron chi connectivity index (χ4n) is 1.54. The van der Waals surface area contributed by atoms with Gasteiger partial charge in [-0.25, -0.2) is 0 Å². The van der Waals surface area contributed by atoms with Crippen LogP contribution in [0.2, 0.25) is 0 Å². The van der Waals surface area contributed by atoms with Crippen LogP contribution in [-0.2, 0) is 9.53 Å². The highest BCUT2D eigenvalue weighted by atomic mass is 127. The van der Waals surface area contributed by atoms with E-state index in [4.69, 9.17) is 4.74 Å². The van der Waals surface area contributed by atoms with Crippen LogP contribution in [0.5, 0.6) is 0 Å². The van der Waals surface area contributed by atoms with Crippen molar-refractivity contribution in [2.45, 2.75) is 39.0 Å². The molecule has 0 bridgehead atoms. The number of aromatic nitrogens is 1. The third kappa shape index (κ3) is 5.48. The second-order valence-electron chi connectivity index (χ2n) is 3.77. The zero-order chi connectivity index (χ0) is 11.8. The van der Waals surface area contributed by atoms with Crippen LogP contribution >= 0.6 is 24.0 Å². The maximum Gasteiger partial charge on any atom is 0.313 e. The molecule has 4 heteroatoms. The average Bonchev–Trinajstić information content (AvgIpc) is 2.32. The van der Waals surface area contributed by atoms with Gasteiger partial charge in [0.25, 0.3) is 0 Å². The Hall–Kier alpha value is -0.650. The molecule has 3 nitrogen and oxygen atoms in total. The van der Waals surface area contributed by atoms with E-state index in [0.29, 0.717) is 6.61 Å². The number of esters is 1. The van der Waals surface area contributed by atoms with E-state index in [1.807, 2.05) is 19.1 Å². The highest BCUT2D eigenvalue weighted by Gasteiger charge is 2.19. The summed E-state index contributed by atoms with van der Waals surface area (Å²) in [5.74, 6) is -0.311. The molecule has 0 radical (unpaired) electrons. The molecule has 96 valence electrons. The molecule has 1 rings (SSSR count). The summed E-state index contributed by atoms with van der Waals surface area (Å²) in [6.45, 7) is 4.58. The monoisotopic (exact) mass is 349 g/mol. The first-order valence-corrected chi connectivity index (χ1v) is 5.86. The van der Waals surface area contributed by atoms with E-state index in [1.54, 1.807) is 12.4 Å². The van der Waals surface area contributed by atoms with Gasteiger partial charge >= 0.3 is 5.97 Å². The summed E-state index contributed by atoms with van der Waals surface area (Å²) in [6, 6.07) is 3.76. The lowest BCUT2D eigenvalue weighted by Crippen LogP contribution is -2.16. The second kappa shape index (κ2) is 9.39. The van der Waals surface area contributed by atoms with Gasteiger partial charge in [0, 0.05) is 12.4 Å². The van der Waals surface area contributed by atoms with Crippen LogP contribution in [0.15, 0.2) is 24.5 Å². The Labute approximate surface area is 120 Å². The van der Waals surface area contributed by atoms with Crippen molar-refractivity contribution in [3.63, 3.8) is 0 Å². The van der Waals surface area contributed by atoms with Gasteiger partial charge in [0.15, 0.2) is 0 Å². The number of halogens is 1. The van der Waals surface area contributed by atoms with Gasteiger partial charge in [0.1, 0.15) is 0 Å². The second-order valence-corrected chi connectivity index (χ2v) is 3.77. The molecule has 0 amide bonds. The summed E-state index contributed by atoms with van der Waals surface area (Å²) >= 11 is 0. The van der Waals surface area contributed by atoms with Crippen LogP contribution in [0.4, 0.5) is 0 Å². The number of hydrogen-bond acceptors (Lipinski definition) is 3. The Kier molecular flexibility index (Phi) is 9.03. The Balaban J connectivity index is 0.00000256. The molecule has 1 unspecified atom stereocenters. The molecule has 0 spiro atoms. The van der Waals surface area contributed by atoms with Crippen LogP contribution in [-0.4, -0.2) is 17.6 Å². The summed E-state index contributed by atoms with van der Waals surface area (Å²) in [5, 5.41) is 0. The lowest BCUT2D eigenvalue weighted by Gasteiger charge is -2.13. The number of nitrogens with zero attached hydrogens (tertiary/aromatic N) is 1. The number of rotatable bonds is 6. The van der Waals surface area contributed by atoms with Crippen LogP contribution in [0.25, 0.3) is 0 Å². The smallest absolute Gasteiger partial charge is 0.313 e. The van der Waals surface area contributed by atoms with E-state index in [2.05, 4.69) is 11.9 Å². The van der Waals surface area contributed by atoms with Gasteiger partial charge in [-0.15, -0.1) is 24.0 Å². The first-order valence-electron chi connectivity index (χ1n) is 5.86. The highest BCUT2D eigenvalue weighted by molar-refractivity contribution is 14.0. The molecular weight excluding hydrogens is 329 g/mol. The van der Waals surface area contributed by atoms with Gasteiger partial charge in [-0.05, 0) is 24.5 Å². The van der Waals surface area contributed by atoms with E-state index in [1.165, 1.54) is 0 Å². The lowest BCUT2D eigenvalue weighted by molar-refractivity contribution is -0.145. The van der Waals surface area contributed by atoms with Crippen molar-refractivity contribution >= 4 is 29.9 Å². The number of carbonyl (C=O) groups excluding carboxylic acids is 1. The van der Waals surface area contributed by atoms with Gasteiger partial charge in [-0.2, -0.15) is 0 Å². The fourth-order valence-corrected chi connectivity index (χ4v) is 1.54. The molecule has 1 atom stereocenters. The van der Waals surface area contributed by atoms with Crippen LogP contribution < -0.4 is 0 Å². The highest BCUT2D eigenvalue weighted by Crippen LogP contribution is 2.19. The normalized spacial score (nSPS) is 11.4. The van der Waals surface area contributed by atoms with E-state index in [0.717, 1.165) is 24.8 Å². The van der Waals surface area contributed by atoms with E-state index in [9.17, 15) is 4.79 Å². The number of carbonyl (C=O) groups is 1. The molecule has 17 heavy (non-hydrogen) atoms. The molecule has 0 saturated carbocycles. The third-order valence-electron chi connectivity index (χ3n) is 2.52. The molecular formula is C13H20INO2. The molecule has 0 aromatic carbocycles. The van der Waals surface area contributed by atoms with Gasteiger partial charge < -0.3 is 4.74 Å². The molecule has 0 saturated heterocycles. The van der Waals surface area contributed by atoms with Crippen molar-refractivity contribution < 1.29 is 9.53 Å². The van der Waals surface area contributed by atoms with E-state index in [-0.39, 0.29) is 35.9 Å². The molecule has 1 aromatic rings. The first-order chi connectivity index (χ1) is 7.79. The molecule has 0 fully saturated rings. The maximum absolute atomic E-state index is 11.8. The van der Waals surface area contributed by atoms with Gasteiger partial charge in [0.2, 0.25) is 0 Å². The minimum atomic E-state index is -0.175. The molecule has 0 aliphatic carbocycles. The number of unbranched alkanes of at least 4 members (excludes halogenated alkanes) is 1. The third-order valence-corrected chi connectivity index (χ3v) is 2.52. The molecule has 0 aliphatic rings. The van der Waals surface area contributed by atoms with Crippen LogP contribution in [0, 0.1) is 0 Å². The molecule has 0 aliphatic heterocycles. The fraction of sp³-hybridized carbons (Fsp3) is 0.538. The van der Waals surface area contributed by atoms with Gasteiger partial charge in [0.05, 0.1) is 12.5 Å². The van der Waals surface area contributed by atoms with Crippen molar-refractivity contribution in [3.05, 3.63) is 30.1 Å². The van der Waals surface area contributed by atoms with E-state index < -0.39 is 0 Å². The number of ether oxygens (including phenoxy) is 1. The Morgan fingerprint density at radius 3 is 2.76 bits per heavy atom. The molecule has 0 N–H and O–H groups in total. The number of hydrogen-bond donors (Lipinski definition) is 0. The zero-order valence-corrected chi connectivity index (χ0v) is 12.7. The lowest BCUT2D eigenvalue weighted by atomic mass is 9.98.